The highest BCUT2D eigenvalue weighted by molar-refractivity contribution is 7.92. The van der Waals surface area contributed by atoms with Gasteiger partial charge in [-0.25, -0.2) is 31.6 Å². The van der Waals surface area contributed by atoms with Gasteiger partial charge in [0.05, 0.1) is 22.4 Å². The van der Waals surface area contributed by atoms with E-state index in [4.69, 9.17) is 4.74 Å². The Hall–Kier alpha value is -4.83. The first-order valence-electron chi connectivity index (χ1n) is 17.2. The minimum absolute atomic E-state index is 0.117. The molecule has 1 aromatic heterocycles. The van der Waals surface area contributed by atoms with E-state index in [1.54, 1.807) is 64.1 Å². The molecule has 0 aliphatic carbocycles. The van der Waals surface area contributed by atoms with E-state index >= 15 is 0 Å². The van der Waals surface area contributed by atoms with Crippen molar-refractivity contribution in [3.05, 3.63) is 70.5 Å². The predicted octanol–water partition coefficient (Wildman–Crippen LogP) is 2.75. The topological polar surface area (TPSA) is 207 Å². The third-order valence-electron chi connectivity index (χ3n) is 8.45. The largest absolute Gasteiger partial charge is 0.444 e. The summed E-state index contributed by atoms with van der Waals surface area (Å²) in [4.78, 5) is 38.1. The highest BCUT2D eigenvalue weighted by Crippen LogP contribution is 2.34. The van der Waals surface area contributed by atoms with Crippen LogP contribution in [-0.2, 0) is 37.7 Å². The van der Waals surface area contributed by atoms with Gasteiger partial charge in [0.15, 0.2) is 0 Å². The van der Waals surface area contributed by atoms with Crippen LogP contribution in [0.4, 0.5) is 22.1 Å². The van der Waals surface area contributed by atoms with Crippen molar-refractivity contribution in [2.24, 2.45) is 0 Å². The molecule has 2 aromatic carbocycles. The number of hydrogen-bond acceptors (Lipinski definition) is 12. The normalized spacial score (nSPS) is 15.1. The molecule has 284 valence electrons. The molecule has 0 spiro atoms. The average molecular weight is 768 g/mol. The molecule has 2 amide bonds. The first-order chi connectivity index (χ1) is 24.9. The van der Waals surface area contributed by atoms with E-state index in [-0.39, 0.29) is 41.5 Å². The fourth-order valence-electron chi connectivity index (χ4n) is 6.04. The van der Waals surface area contributed by atoms with Crippen molar-refractivity contribution in [2.75, 3.05) is 66.6 Å². The zero-order chi connectivity index (χ0) is 38.6. The number of carbonyl (C=O) groups excluding carboxylic acids is 2. The van der Waals surface area contributed by atoms with Crippen LogP contribution in [0.1, 0.15) is 60.1 Å². The molecule has 0 atom stereocenters. The van der Waals surface area contributed by atoms with Gasteiger partial charge in [0.1, 0.15) is 17.4 Å². The van der Waals surface area contributed by atoms with Crippen LogP contribution < -0.4 is 25.2 Å². The van der Waals surface area contributed by atoms with Gasteiger partial charge in [0, 0.05) is 57.2 Å². The van der Waals surface area contributed by atoms with Crippen molar-refractivity contribution >= 4 is 49.4 Å². The number of aromatic nitrogens is 2. The van der Waals surface area contributed by atoms with Gasteiger partial charge in [-0.1, -0.05) is 6.07 Å². The van der Waals surface area contributed by atoms with E-state index in [0.29, 0.717) is 68.5 Å². The van der Waals surface area contributed by atoms with Gasteiger partial charge in [-0.15, -0.1) is 0 Å². The second-order valence-corrected chi connectivity index (χ2v) is 17.6. The number of hydrogen-bond donors (Lipinski definition) is 3. The number of anilines is 3. The first-order valence-corrected chi connectivity index (χ1v) is 20.5. The highest BCUT2D eigenvalue weighted by atomic mass is 32.2. The van der Waals surface area contributed by atoms with Crippen molar-refractivity contribution < 1.29 is 31.2 Å². The number of fused-ring (bicyclic) bond motifs is 1. The molecule has 0 saturated carbocycles. The summed E-state index contributed by atoms with van der Waals surface area (Å²) in [5, 5.41) is 15.2. The number of piperazine rings is 1. The van der Waals surface area contributed by atoms with Crippen molar-refractivity contribution in [2.45, 2.75) is 57.6 Å². The summed E-state index contributed by atoms with van der Waals surface area (Å²) < 4.78 is 60.9. The number of amides is 2. The molecular weight excluding hydrogens is 723 g/mol. The minimum Gasteiger partial charge on any atom is -0.444 e. The van der Waals surface area contributed by atoms with Gasteiger partial charge in [-0.3, -0.25) is 9.52 Å². The summed E-state index contributed by atoms with van der Waals surface area (Å²) in [6, 6.07) is 13.2. The van der Waals surface area contributed by atoms with E-state index in [1.165, 1.54) is 15.3 Å². The lowest BCUT2D eigenvalue weighted by molar-refractivity contribution is 0.0527. The van der Waals surface area contributed by atoms with Crippen LogP contribution in [0.5, 0.6) is 0 Å². The van der Waals surface area contributed by atoms with Crippen LogP contribution in [0, 0.1) is 18.3 Å². The summed E-state index contributed by atoms with van der Waals surface area (Å²) in [5.41, 5.74) is 2.59. The van der Waals surface area contributed by atoms with E-state index in [2.05, 4.69) is 25.3 Å². The lowest BCUT2D eigenvalue weighted by Gasteiger charge is -2.34. The van der Waals surface area contributed by atoms with Crippen LogP contribution in [0.25, 0.3) is 0 Å². The summed E-state index contributed by atoms with van der Waals surface area (Å²) in [6.45, 7) is 9.89. The molecule has 16 nitrogen and oxygen atoms in total. The number of ether oxygens (including phenoxy) is 1. The Morgan fingerprint density at radius 1 is 0.962 bits per heavy atom. The Labute approximate surface area is 310 Å². The summed E-state index contributed by atoms with van der Waals surface area (Å²) in [6.07, 6.45) is 1.56. The molecular formula is C35H45N9O7S2. The SMILES string of the molecule is Cc1cc(C#N)nc(N2CCN(S(=O)(=O)c3ccc4c(c3)CCN4C(=O)c3cc(CNCCCNC(=O)OC(C)(C)C)ccc3NS(C)(=O)=O)CC2)n1. The van der Waals surface area contributed by atoms with Crippen LogP contribution in [0.3, 0.4) is 0 Å². The van der Waals surface area contributed by atoms with Gasteiger partial charge >= 0.3 is 6.09 Å². The molecule has 0 radical (unpaired) electrons. The van der Waals surface area contributed by atoms with Crippen molar-refractivity contribution in [3.8, 4) is 6.07 Å². The van der Waals surface area contributed by atoms with Gasteiger partial charge in [0.25, 0.3) is 5.91 Å². The number of rotatable bonds is 12. The van der Waals surface area contributed by atoms with Crippen molar-refractivity contribution in [3.63, 3.8) is 0 Å². The number of alkyl carbamates (subject to hydrolysis) is 1. The maximum Gasteiger partial charge on any atom is 0.407 e. The molecule has 18 heteroatoms. The molecule has 1 saturated heterocycles. The molecule has 3 heterocycles. The number of nitrogens with zero attached hydrogens (tertiary/aromatic N) is 6. The Morgan fingerprint density at radius 2 is 1.70 bits per heavy atom. The summed E-state index contributed by atoms with van der Waals surface area (Å²) in [7, 11) is -7.57. The molecule has 2 aliphatic rings. The van der Waals surface area contributed by atoms with Gasteiger partial charge in [0.2, 0.25) is 26.0 Å². The fraction of sp³-hybridized carbons (Fsp3) is 0.457. The second kappa shape index (κ2) is 16.0. The number of nitrogens with one attached hydrogen (secondary N) is 3. The van der Waals surface area contributed by atoms with Crippen molar-refractivity contribution in [1.29, 1.82) is 5.26 Å². The quantitative estimate of drug-likeness (QED) is 0.228. The third kappa shape index (κ3) is 10.2. The Balaban J connectivity index is 1.25. The Bertz CT molecular complexity index is 2120. The number of sulfonamides is 2. The van der Waals surface area contributed by atoms with Crippen LogP contribution in [-0.4, -0.2) is 101 Å². The summed E-state index contributed by atoms with van der Waals surface area (Å²) in [5.74, 6) is -0.0368. The fourth-order valence-corrected chi connectivity index (χ4v) is 8.09. The molecule has 0 unspecified atom stereocenters. The summed E-state index contributed by atoms with van der Waals surface area (Å²) >= 11 is 0. The smallest absolute Gasteiger partial charge is 0.407 e. The molecule has 2 aliphatic heterocycles. The zero-order valence-corrected chi connectivity index (χ0v) is 32.1. The first kappa shape index (κ1) is 39.4. The number of nitriles is 1. The second-order valence-electron chi connectivity index (χ2n) is 13.9. The lowest BCUT2D eigenvalue weighted by Crippen LogP contribution is -2.49. The van der Waals surface area contributed by atoms with E-state index in [1.807, 2.05) is 11.0 Å². The third-order valence-corrected chi connectivity index (χ3v) is 10.9. The van der Waals surface area contributed by atoms with E-state index in [0.717, 1.165) is 11.8 Å². The van der Waals surface area contributed by atoms with Crippen molar-refractivity contribution in [1.82, 2.24) is 24.9 Å². The molecule has 3 aromatic rings. The number of aryl methyl sites for hydroxylation is 1. The predicted molar refractivity (Wildman–Crippen MR) is 200 cm³/mol. The number of benzene rings is 2. The van der Waals surface area contributed by atoms with Gasteiger partial charge in [-0.2, -0.15) is 9.57 Å². The Morgan fingerprint density at radius 3 is 2.38 bits per heavy atom. The van der Waals surface area contributed by atoms with E-state index < -0.39 is 37.6 Å². The Kier molecular flexibility index (Phi) is 11.9. The lowest BCUT2D eigenvalue weighted by atomic mass is 10.1. The van der Waals surface area contributed by atoms with Crippen LogP contribution >= 0.6 is 0 Å². The monoisotopic (exact) mass is 767 g/mol. The average Bonchev–Trinajstić information content (AvgIpc) is 3.52. The number of carbonyl (C=O) groups is 2. The van der Waals surface area contributed by atoms with E-state index in [9.17, 15) is 31.7 Å². The van der Waals surface area contributed by atoms with Crippen LogP contribution in [0.2, 0.25) is 0 Å². The molecule has 1 fully saturated rings. The standard InChI is InChI=1S/C35H45N9O7S2/c1-24-19-27(22-36)40-33(39-24)42-15-17-43(18-16-42)53(49,50)28-8-10-31-26(21-28)11-14-44(31)32(45)29-20-25(7-9-30(29)41-52(5,47)48)23-37-12-6-13-38-34(46)51-35(2,3)4/h7-10,19-21,37,41H,6,11-18,23H2,1-5H3,(H,38,46). The molecule has 0 bridgehead atoms. The minimum atomic E-state index is -3.86. The molecule has 3 N–H and O–H groups in total. The maximum atomic E-state index is 14.0. The maximum absolute atomic E-state index is 14.0. The van der Waals surface area contributed by atoms with Crippen LogP contribution in [0.15, 0.2) is 47.4 Å². The van der Waals surface area contributed by atoms with Gasteiger partial charge < -0.3 is 25.2 Å². The van der Waals surface area contributed by atoms with Gasteiger partial charge in [-0.05, 0) is 94.6 Å². The highest BCUT2D eigenvalue weighted by Gasteiger charge is 2.33. The molecule has 53 heavy (non-hydrogen) atoms. The molecule has 5 rings (SSSR count). The zero-order valence-electron chi connectivity index (χ0n) is 30.5.